The Morgan fingerprint density at radius 3 is 1.48 bits per heavy atom. The number of H-pyrrole nitrogens is 2. The lowest BCUT2D eigenvalue weighted by Gasteiger charge is -2.37. The van der Waals surface area contributed by atoms with Crippen LogP contribution in [0.2, 0.25) is 0 Å². The van der Waals surface area contributed by atoms with Gasteiger partial charge >= 0.3 is 5.97 Å². The molecule has 12 heteroatoms. The average molecular weight is 871 g/mol. The van der Waals surface area contributed by atoms with Crippen molar-refractivity contribution in [3.8, 4) is 33.6 Å². The van der Waals surface area contributed by atoms with Gasteiger partial charge in [0.25, 0.3) is 0 Å². The number of hydrogen-bond donors (Lipinski definition) is 3. The van der Waals surface area contributed by atoms with Crippen molar-refractivity contribution in [2.24, 2.45) is 0 Å². The van der Waals surface area contributed by atoms with Crippen LogP contribution in [0.3, 0.4) is 0 Å². The van der Waals surface area contributed by atoms with Crippen LogP contribution in [0, 0.1) is 0 Å². The van der Waals surface area contributed by atoms with Crippen LogP contribution < -0.4 is 0 Å². The van der Waals surface area contributed by atoms with Gasteiger partial charge in [0.05, 0.1) is 24.0 Å². The van der Waals surface area contributed by atoms with E-state index in [2.05, 4.69) is 56.2 Å². The van der Waals surface area contributed by atoms with E-state index in [1.54, 1.807) is 0 Å². The molecular weight excluding hydrogens is 813 g/mol. The fourth-order valence-electron chi connectivity index (χ4n) is 10.8. The van der Waals surface area contributed by atoms with Crippen LogP contribution in [0.4, 0.5) is 0 Å². The SMILES string of the molecule is O=C(O)c1[nH]c([C@@H]2CCCN2C(=O)[C@@H](c2ccccc2)N2CCCCC2)nc1-c1ccc(-c2ccc(-c3cnc([C@@H]4CCCN4C(=O)[C@@H](c4ccccc4)N4CCCCC4)[nH]3)cc2)cc1. The number of aromatic nitrogens is 4. The average Bonchev–Trinajstić information content (AvgIpc) is 4.21. The number of hydrogen-bond acceptors (Lipinski definition) is 7. The van der Waals surface area contributed by atoms with E-state index in [0.29, 0.717) is 30.0 Å². The van der Waals surface area contributed by atoms with Gasteiger partial charge in [-0.2, -0.15) is 0 Å². The molecule has 4 aliphatic rings. The zero-order valence-electron chi connectivity index (χ0n) is 36.9. The molecule has 0 saturated carbocycles. The van der Waals surface area contributed by atoms with Crippen LogP contribution in [-0.4, -0.2) is 102 Å². The number of carbonyl (C=O) groups is 3. The summed E-state index contributed by atoms with van der Waals surface area (Å²) in [5.41, 5.74) is 7.01. The van der Waals surface area contributed by atoms with E-state index < -0.39 is 5.97 Å². The summed E-state index contributed by atoms with van der Waals surface area (Å²) in [7, 11) is 0. The molecule has 0 aliphatic carbocycles. The minimum absolute atomic E-state index is 0.0223. The Hall–Kier alpha value is -6.37. The van der Waals surface area contributed by atoms with Gasteiger partial charge in [0.2, 0.25) is 11.8 Å². The van der Waals surface area contributed by atoms with E-state index in [4.69, 9.17) is 9.97 Å². The number of rotatable bonds is 12. The molecule has 0 radical (unpaired) electrons. The van der Waals surface area contributed by atoms with Crippen molar-refractivity contribution in [1.29, 1.82) is 0 Å². The van der Waals surface area contributed by atoms with Crippen molar-refractivity contribution in [3.05, 3.63) is 144 Å². The minimum atomic E-state index is -1.09. The number of amides is 2. The third kappa shape index (κ3) is 8.77. The van der Waals surface area contributed by atoms with Crippen molar-refractivity contribution < 1.29 is 19.5 Å². The van der Waals surface area contributed by atoms with Gasteiger partial charge in [-0.3, -0.25) is 19.4 Å². The van der Waals surface area contributed by atoms with Crippen molar-refractivity contribution in [1.82, 2.24) is 39.5 Å². The number of benzene rings is 4. The first-order valence-corrected chi connectivity index (χ1v) is 23.7. The second-order valence-electron chi connectivity index (χ2n) is 18.2. The number of imidazole rings is 2. The van der Waals surface area contributed by atoms with Crippen LogP contribution in [-0.2, 0) is 9.59 Å². The van der Waals surface area contributed by atoms with Gasteiger partial charge in [-0.05, 0) is 105 Å². The number of carboxylic acid groups (broad SMARTS) is 1. The first kappa shape index (κ1) is 42.6. The van der Waals surface area contributed by atoms with E-state index in [-0.39, 0.29) is 41.7 Å². The van der Waals surface area contributed by atoms with Gasteiger partial charge in [0.15, 0.2) is 5.69 Å². The molecule has 0 spiro atoms. The summed E-state index contributed by atoms with van der Waals surface area (Å²) >= 11 is 0. The number of carbonyl (C=O) groups excluding carboxylic acids is 2. The van der Waals surface area contributed by atoms with E-state index >= 15 is 0 Å². The Morgan fingerprint density at radius 1 is 0.523 bits per heavy atom. The number of aromatic carboxylic acids is 1. The van der Waals surface area contributed by atoms with E-state index in [1.165, 1.54) is 12.8 Å². The molecule has 0 unspecified atom stereocenters. The molecule has 4 saturated heterocycles. The number of carboxylic acids is 1. The van der Waals surface area contributed by atoms with Crippen LogP contribution in [0.15, 0.2) is 115 Å². The van der Waals surface area contributed by atoms with Crippen LogP contribution >= 0.6 is 0 Å². The zero-order valence-corrected chi connectivity index (χ0v) is 36.9. The predicted molar refractivity (Wildman–Crippen MR) is 251 cm³/mol. The molecule has 12 nitrogen and oxygen atoms in total. The van der Waals surface area contributed by atoms with Gasteiger partial charge in [-0.25, -0.2) is 14.8 Å². The van der Waals surface area contributed by atoms with Crippen molar-refractivity contribution in [2.75, 3.05) is 39.3 Å². The zero-order chi connectivity index (χ0) is 44.3. The summed E-state index contributed by atoms with van der Waals surface area (Å²) in [5, 5.41) is 10.3. The smallest absolute Gasteiger partial charge is 0.354 e. The minimum Gasteiger partial charge on any atom is -0.477 e. The van der Waals surface area contributed by atoms with Crippen LogP contribution in [0.5, 0.6) is 0 Å². The van der Waals surface area contributed by atoms with Crippen molar-refractivity contribution >= 4 is 17.8 Å². The van der Waals surface area contributed by atoms with E-state index in [9.17, 15) is 19.5 Å². The lowest BCUT2D eigenvalue weighted by Crippen LogP contribution is -2.44. The normalized spacial score (nSPS) is 20.5. The van der Waals surface area contributed by atoms with E-state index in [0.717, 1.165) is 117 Å². The first-order valence-electron chi connectivity index (χ1n) is 23.7. The maximum absolute atomic E-state index is 14.5. The second kappa shape index (κ2) is 19.0. The number of piperidine rings is 2. The maximum atomic E-state index is 14.5. The van der Waals surface area contributed by atoms with Crippen LogP contribution in [0.1, 0.15) is 122 Å². The lowest BCUT2D eigenvalue weighted by atomic mass is 10.00. The molecule has 3 N–H and O–H groups in total. The third-order valence-electron chi connectivity index (χ3n) is 14.1. The van der Waals surface area contributed by atoms with Crippen molar-refractivity contribution in [2.45, 2.75) is 88.4 Å². The molecule has 10 rings (SSSR count). The largest absolute Gasteiger partial charge is 0.477 e. The third-order valence-corrected chi connectivity index (χ3v) is 14.1. The fourth-order valence-corrected chi connectivity index (χ4v) is 10.8. The highest BCUT2D eigenvalue weighted by atomic mass is 16.4. The summed E-state index contributed by atoms with van der Waals surface area (Å²) in [6.07, 6.45) is 12.0. The molecule has 2 aromatic heterocycles. The molecule has 6 aromatic rings. The highest BCUT2D eigenvalue weighted by molar-refractivity contribution is 5.93. The summed E-state index contributed by atoms with van der Waals surface area (Å²) in [6.45, 7) is 4.94. The van der Waals surface area contributed by atoms with Gasteiger partial charge in [0, 0.05) is 18.7 Å². The van der Waals surface area contributed by atoms with Gasteiger partial charge < -0.3 is 24.9 Å². The van der Waals surface area contributed by atoms with Gasteiger partial charge in [-0.1, -0.05) is 122 Å². The summed E-state index contributed by atoms with van der Waals surface area (Å²) in [4.78, 5) is 66.7. The Labute approximate surface area is 380 Å². The quantitative estimate of drug-likeness (QED) is 0.110. The number of nitrogens with one attached hydrogen (secondary N) is 2. The molecule has 0 bridgehead atoms. The topological polar surface area (TPSA) is 142 Å². The van der Waals surface area contributed by atoms with E-state index in [1.807, 2.05) is 88.8 Å². The lowest BCUT2D eigenvalue weighted by molar-refractivity contribution is -0.139. The molecule has 334 valence electrons. The predicted octanol–water partition coefficient (Wildman–Crippen LogP) is 9.61. The number of likely N-dealkylation sites (tertiary alicyclic amines) is 4. The van der Waals surface area contributed by atoms with Gasteiger partial charge in [-0.15, -0.1) is 0 Å². The molecule has 65 heavy (non-hydrogen) atoms. The molecule has 4 fully saturated rings. The number of aromatic amines is 2. The Balaban J connectivity index is 0.838. The molecule has 6 heterocycles. The van der Waals surface area contributed by atoms with Gasteiger partial charge in [0.1, 0.15) is 29.4 Å². The number of nitrogens with zero attached hydrogens (tertiary/aromatic N) is 6. The second-order valence-corrected chi connectivity index (χ2v) is 18.2. The Morgan fingerprint density at radius 2 is 0.985 bits per heavy atom. The van der Waals surface area contributed by atoms with Crippen LogP contribution in [0.25, 0.3) is 33.6 Å². The summed E-state index contributed by atoms with van der Waals surface area (Å²) in [6, 6.07) is 35.3. The highest BCUT2D eigenvalue weighted by Crippen LogP contribution is 2.39. The Kier molecular flexibility index (Phi) is 12.4. The summed E-state index contributed by atoms with van der Waals surface area (Å²) in [5.74, 6) is 0.448. The van der Waals surface area contributed by atoms with Crippen molar-refractivity contribution in [3.63, 3.8) is 0 Å². The standard InChI is InChI=1S/C53H58N8O4/c62-51(47(40-15-5-1-6-16-40)58-29-9-3-10-30-58)60-33-13-19-43(60)49-54-35-42(55-49)38-25-21-36(22-26-38)37-23-27-39(28-24-37)45-46(53(64)65)57-50(56-45)44-20-14-34-61(44)52(63)48(41-17-7-2-8-18-41)59-31-11-4-12-32-59/h1-2,5-8,15-18,21-28,35,43-44,47-48H,3-4,9-14,19-20,29-34H2,(H,54,55)(H,56,57)(H,64,65)/t43-,44-,47+,48+/m0/s1. The monoisotopic (exact) mass is 870 g/mol. The fraction of sp³-hybridized carbons (Fsp3) is 0.377. The molecule has 4 aliphatic heterocycles. The summed E-state index contributed by atoms with van der Waals surface area (Å²) < 4.78 is 0. The maximum Gasteiger partial charge on any atom is 0.354 e. The molecule has 4 atom stereocenters. The molecule has 2 amide bonds. The molecule has 4 aromatic carbocycles. The Bertz CT molecular complexity index is 2580. The molecular formula is C53H58N8O4. The highest BCUT2D eigenvalue weighted by Gasteiger charge is 2.41. The first-order chi connectivity index (χ1) is 31.9.